The Kier molecular flexibility index (Phi) is 6.20. The molecule has 1 aliphatic heterocycles. The molecule has 0 N–H and O–H groups in total. The molecule has 1 saturated heterocycles. The van der Waals surface area contributed by atoms with Crippen molar-refractivity contribution in [3.8, 4) is 22.9 Å². The second-order valence-electron chi connectivity index (χ2n) is 7.60. The number of amides is 1. The summed E-state index contributed by atoms with van der Waals surface area (Å²) in [6.45, 7) is 4.54. The van der Waals surface area contributed by atoms with E-state index >= 15 is 0 Å². The second kappa shape index (κ2) is 9.21. The van der Waals surface area contributed by atoms with Crippen molar-refractivity contribution in [1.82, 2.24) is 14.7 Å². The number of piperazine rings is 1. The molecule has 0 saturated carbocycles. The van der Waals surface area contributed by atoms with E-state index in [1.807, 2.05) is 60.4 Å². The van der Waals surface area contributed by atoms with E-state index in [1.165, 1.54) is 0 Å². The summed E-state index contributed by atoms with van der Waals surface area (Å²) in [4.78, 5) is 17.5. The number of rotatable bonds is 6. The van der Waals surface area contributed by atoms with E-state index < -0.39 is 0 Å². The topological polar surface area (TPSA) is 69.1 Å². The fourth-order valence-corrected chi connectivity index (χ4v) is 3.93. The van der Waals surface area contributed by atoms with Crippen LogP contribution in [-0.4, -0.2) is 68.1 Å². The summed E-state index contributed by atoms with van der Waals surface area (Å²) >= 11 is 0. The average molecular weight is 437 g/mol. The zero-order valence-electron chi connectivity index (χ0n) is 18.9. The molecule has 0 radical (unpaired) electrons. The summed E-state index contributed by atoms with van der Waals surface area (Å²) in [7, 11) is 4.92. The fourth-order valence-electron chi connectivity index (χ4n) is 3.93. The smallest absolute Gasteiger partial charge is 0.272 e. The second-order valence-corrected chi connectivity index (χ2v) is 7.60. The Morgan fingerprint density at radius 2 is 1.50 bits per heavy atom. The number of benzene rings is 2. The first-order valence-electron chi connectivity index (χ1n) is 10.5. The molecule has 0 aliphatic carbocycles. The lowest BCUT2D eigenvalue weighted by molar-refractivity contribution is 0.0737. The zero-order chi connectivity index (χ0) is 22.7. The normalized spacial score (nSPS) is 13.8. The van der Waals surface area contributed by atoms with Crippen molar-refractivity contribution in [2.45, 2.75) is 6.92 Å². The number of ether oxygens (including phenoxy) is 3. The minimum absolute atomic E-state index is 0.0252. The molecule has 3 aromatic rings. The minimum atomic E-state index is -0.0252. The third-order valence-corrected chi connectivity index (χ3v) is 5.66. The van der Waals surface area contributed by atoms with Crippen LogP contribution in [0.1, 0.15) is 16.2 Å². The lowest BCUT2D eigenvalue weighted by Crippen LogP contribution is -2.49. The van der Waals surface area contributed by atoms with Crippen molar-refractivity contribution in [2.24, 2.45) is 0 Å². The summed E-state index contributed by atoms with van der Waals surface area (Å²) in [5, 5.41) is 4.54. The van der Waals surface area contributed by atoms with Crippen LogP contribution in [0.3, 0.4) is 0 Å². The third kappa shape index (κ3) is 4.21. The number of carbonyl (C=O) groups excluding carboxylic acids is 1. The molecule has 8 heteroatoms. The van der Waals surface area contributed by atoms with Gasteiger partial charge in [-0.15, -0.1) is 0 Å². The lowest BCUT2D eigenvalue weighted by Gasteiger charge is -2.36. The predicted molar refractivity (Wildman–Crippen MR) is 123 cm³/mol. The van der Waals surface area contributed by atoms with Gasteiger partial charge in [-0.1, -0.05) is 0 Å². The molecule has 32 heavy (non-hydrogen) atoms. The first-order valence-corrected chi connectivity index (χ1v) is 10.5. The van der Waals surface area contributed by atoms with E-state index in [9.17, 15) is 4.79 Å². The molecular formula is C24H28N4O4. The monoisotopic (exact) mass is 436 g/mol. The molecule has 1 amide bonds. The molecule has 0 unspecified atom stereocenters. The van der Waals surface area contributed by atoms with Gasteiger partial charge in [0.2, 0.25) is 0 Å². The number of anilines is 1. The van der Waals surface area contributed by atoms with Crippen LogP contribution in [0.5, 0.6) is 17.2 Å². The van der Waals surface area contributed by atoms with E-state index in [0.717, 1.165) is 34.3 Å². The number of carbonyl (C=O) groups is 1. The Labute approximate surface area is 187 Å². The van der Waals surface area contributed by atoms with Crippen LogP contribution in [0, 0.1) is 6.92 Å². The van der Waals surface area contributed by atoms with E-state index in [1.54, 1.807) is 26.0 Å². The highest BCUT2D eigenvalue weighted by atomic mass is 16.5. The first-order chi connectivity index (χ1) is 15.5. The van der Waals surface area contributed by atoms with Crippen LogP contribution < -0.4 is 19.1 Å². The highest BCUT2D eigenvalue weighted by Gasteiger charge is 2.26. The van der Waals surface area contributed by atoms with Crippen molar-refractivity contribution < 1.29 is 19.0 Å². The molecule has 0 spiro atoms. The van der Waals surface area contributed by atoms with Crippen LogP contribution in [-0.2, 0) is 0 Å². The highest BCUT2D eigenvalue weighted by molar-refractivity contribution is 5.93. The van der Waals surface area contributed by atoms with Gasteiger partial charge < -0.3 is 24.0 Å². The minimum Gasteiger partial charge on any atom is -0.497 e. The number of nitrogens with zero attached hydrogens (tertiary/aromatic N) is 4. The van der Waals surface area contributed by atoms with Crippen molar-refractivity contribution >= 4 is 11.6 Å². The number of methoxy groups -OCH3 is 3. The molecule has 0 atom stereocenters. The van der Waals surface area contributed by atoms with Crippen molar-refractivity contribution in [2.75, 3.05) is 52.4 Å². The van der Waals surface area contributed by atoms with Gasteiger partial charge in [-0.25, -0.2) is 4.68 Å². The van der Waals surface area contributed by atoms with Crippen LogP contribution in [0.2, 0.25) is 0 Å². The van der Waals surface area contributed by atoms with Gasteiger partial charge in [-0.05, 0) is 49.4 Å². The molecule has 4 rings (SSSR count). The van der Waals surface area contributed by atoms with Crippen molar-refractivity contribution in [1.29, 1.82) is 0 Å². The van der Waals surface area contributed by atoms with E-state index in [4.69, 9.17) is 14.2 Å². The van der Waals surface area contributed by atoms with Gasteiger partial charge in [-0.3, -0.25) is 4.79 Å². The van der Waals surface area contributed by atoms with E-state index in [-0.39, 0.29) is 5.91 Å². The lowest BCUT2D eigenvalue weighted by atomic mass is 10.2. The van der Waals surface area contributed by atoms with Crippen LogP contribution in [0.25, 0.3) is 5.69 Å². The predicted octanol–water partition coefficient (Wildman–Crippen LogP) is 3.17. The summed E-state index contributed by atoms with van der Waals surface area (Å²) in [6.07, 6.45) is 0. The van der Waals surface area contributed by atoms with Gasteiger partial charge in [0.25, 0.3) is 5.91 Å². The molecular weight excluding hydrogens is 408 g/mol. The SMILES string of the molecule is COc1ccc(-n2nc(C)cc2C(=O)N2CCN(c3ccc(OC)cc3OC)CC2)cc1. The quantitative estimate of drug-likeness (QED) is 0.591. The Morgan fingerprint density at radius 1 is 0.844 bits per heavy atom. The Morgan fingerprint density at radius 3 is 2.12 bits per heavy atom. The first kappa shape index (κ1) is 21.5. The maximum absolute atomic E-state index is 13.4. The molecule has 168 valence electrons. The molecule has 0 bridgehead atoms. The summed E-state index contributed by atoms with van der Waals surface area (Å²) < 4.78 is 17.8. The van der Waals surface area contributed by atoms with Gasteiger partial charge in [0.05, 0.1) is 38.4 Å². The van der Waals surface area contributed by atoms with E-state index in [0.29, 0.717) is 31.9 Å². The number of aromatic nitrogens is 2. The Bertz CT molecular complexity index is 1090. The standard InChI is InChI=1S/C24H28N4O4/c1-17-15-22(28(25-17)18-5-7-19(30-2)8-6-18)24(29)27-13-11-26(12-14-27)21-10-9-20(31-3)16-23(21)32-4/h5-10,15-16H,11-14H2,1-4H3. The van der Waals surface area contributed by atoms with Crippen LogP contribution in [0.15, 0.2) is 48.5 Å². The average Bonchev–Trinajstić information content (AvgIpc) is 3.24. The van der Waals surface area contributed by atoms with Crippen LogP contribution >= 0.6 is 0 Å². The number of hydrogen-bond acceptors (Lipinski definition) is 6. The molecule has 2 heterocycles. The highest BCUT2D eigenvalue weighted by Crippen LogP contribution is 2.33. The van der Waals surface area contributed by atoms with Gasteiger partial charge in [0.1, 0.15) is 22.9 Å². The summed E-state index contributed by atoms with van der Waals surface area (Å²) in [5.41, 5.74) is 3.18. The number of hydrogen-bond donors (Lipinski definition) is 0. The summed E-state index contributed by atoms with van der Waals surface area (Å²) in [5.74, 6) is 2.25. The maximum Gasteiger partial charge on any atom is 0.272 e. The largest absolute Gasteiger partial charge is 0.497 e. The van der Waals surface area contributed by atoms with Gasteiger partial charge in [0, 0.05) is 32.2 Å². The van der Waals surface area contributed by atoms with Gasteiger partial charge in [0.15, 0.2) is 0 Å². The molecule has 2 aromatic carbocycles. The Hall–Kier alpha value is -3.68. The third-order valence-electron chi connectivity index (χ3n) is 5.66. The van der Waals surface area contributed by atoms with Crippen molar-refractivity contribution in [3.63, 3.8) is 0 Å². The van der Waals surface area contributed by atoms with Crippen molar-refractivity contribution in [3.05, 3.63) is 59.9 Å². The number of aryl methyl sites for hydroxylation is 1. The summed E-state index contributed by atoms with van der Waals surface area (Å²) in [6, 6.07) is 15.2. The van der Waals surface area contributed by atoms with Gasteiger partial charge >= 0.3 is 0 Å². The zero-order valence-corrected chi connectivity index (χ0v) is 18.9. The molecule has 1 aromatic heterocycles. The van der Waals surface area contributed by atoms with Gasteiger partial charge in [-0.2, -0.15) is 5.10 Å². The molecule has 1 aliphatic rings. The van der Waals surface area contributed by atoms with Crippen LogP contribution in [0.4, 0.5) is 5.69 Å². The molecule has 8 nitrogen and oxygen atoms in total. The molecule has 1 fully saturated rings. The fraction of sp³-hybridized carbons (Fsp3) is 0.333. The maximum atomic E-state index is 13.4. The Balaban J connectivity index is 1.50. The van der Waals surface area contributed by atoms with E-state index in [2.05, 4.69) is 10.00 Å².